The Kier molecular flexibility index (Phi) is 8.19. The van der Waals surface area contributed by atoms with Crippen molar-refractivity contribution in [3.8, 4) is 5.75 Å². The zero-order chi connectivity index (χ0) is 24.1. The number of halogens is 6. The van der Waals surface area contributed by atoms with E-state index in [2.05, 4.69) is 11.3 Å². The van der Waals surface area contributed by atoms with Gasteiger partial charge in [-0.1, -0.05) is 50.8 Å². The second-order valence-corrected chi connectivity index (χ2v) is 6.48. The molecule has 0 spiro atoms. The van der Waals surface area contributed by atoms with Gasteiger partial charge in [-0.3, -0.25) is 0 Å². The Hall–Kier alpha value is -3.16. The lowest BCUT2D eigenvalue weighted by Gasteiger charge is -2.33. The summed E-state index contributed by atoms with van der Waals surface area (Å²) in [5.41, 5.74) is 0.143. The molecule has 3 rings (SSSR count). The van der Waals surface area contributed by atoms with E-state index >= 15 is 0 Å². The molecule has 32 heavy (non-hydrogen) atoms. The van der Waals surface area contributed by atoms with Crippen molar-refractivity contribution < 1.29 is 31.1 Å². The number of hydrogen-bond acceptors (Lipinski definition) is 2. The number of ether oxygens (including phenoxy) is 1. The van der Waals surface area contributed by atoms with E-state index in [1.807, 2.05) is 13.8 Å². The van der Waals surface area contributed by atoms with Crippen molar-refractivity contribution >= 4 is 11.3 Å². The second kappa shape index (κ2) is 10.4. The zero-order valence-electron chi connectivity index (χ0n) is 17.9. The summed E-state index contributed by atoms with van der Waals surface area (Å²) in [6.45, 7) is 7.76. The first-order chi connectivity index (χ1) is 15.1. The highest BCUT2D eigenvalue weighted by Gasteiger charge is 2.31. The van der Waals surface area contributed by atoms with Crippen LogP contribution in [0.4, 0.5) is 26.3 Å². The van der Waals surface area contributed by atoms with Gasteiger partial charge < -0.3 is 9.64 Å². The third-order valence-corrected chi connectivity index (χ3v) is 4.45. The molecule has 0 unspecified atom stereocenters. The van der Waals surface area contributed by atoms with Crippen LogP contribution in [-0.2, 0) is 0 Å². The fourth-order valence-electron chi connectivity index (χ4n) is 3.17. The smallest absolute Gasteiger partial charge is 0.422 e. The Morgan fingerprint density at radius 3 is 2.03 bits per heavy atom. The lowest BCUT2D eigenvalue weighted by atomic mass is 9.93. The molecule has 0 fully saturated rings. The second-order valence-electron chi connectivity index (χ2n) is 6.48. The van der Waals surface area contributed by atoms with Gasteiger partial charge >= 0.3 is 6.18 Å². The van der Waals surface area contributed by atoms with Crippen LogP contribution in [0.15, 0.2) is 66.6 Å². The Morgan fingerprint density at radius 2 is 1.53 bits per heavy atom. The number of rotatable bonds is 5. The van der Waals surface area contributed by atoms with Crippen LogP contribution in [0, 0.1) is 11.6 Å². The molecule has 8 heteroatoms. The Morgan fingerprint density at radius 1 is 0.969 bits per heavy atom. The van der Waals surface area contributed by atoms with Crippen LogP contribution in [0.1, 0.15) is 31.9 Å². The first-order valence-corrected chi connectivity index (χ1v) is 9.95. The largest absolute Gasteiger partial charge is 0.484 e. The molecule has 1 aliphatic rings. The van der Waals surface area contributed by atoms with Gasteiger partial charge in [0.15, 0.2) is 6.61 Å². The predicted octanol–water partition coefficient (Wildman–Crippen LogP) is 7.50. The maximum atomic E-state index is 14.9. The fourth-order valence-corrected chi connectivity index (χ4v) is 3.17. The van der Waals surface area contributed by atoms with Gasteiger partial charge in [0, 0.05) is 24.3 Å². The lowest BCUT2D eigenvalue weighted by molar-refractivity contribution is -0.153. The van der Waals surface area contributed by atoms with Crippen LogP contribution in [0.3, 0.4) is 0 Å². The van der Waals surface area contributed by atoms with E-state index < -0.39 is 41.6 Å². The summed E-state index contributed by atoms with van der Waals surface area (Å²) in [7, 11) is 0. The van der Waals surface area contributed by atoms with E-state index in [1.54, 1.807) is 37.3 Å². The molecule has 0 saturated heterocycles. The first-order valence-electron chi connectivity index (χ1n) is 9.95. The first kappa shape index (κ1) is 25.1. The van der Waals surface area contributed by atoms with Crippen molar-refractivity contribution in [2.75, 3.05) is 13.2 Å². The summed E-state index contributed by atoms with van der Waals surface area (Å²) < 4.78 is 85.9. The van der Waals surface area contributed by atoms with Gasteiger partial charge in [0.2, 0.25) is 0 Å². The molecule has 0 aliphatic carbocycles. The normalized spacial score (nSPS) is 14.1. The maximum Gasteiger partial charge on any atom is 0.422 e. The van der Waals surface area contributed by atoms with Gasteiger partial charge in [0.25, 0.3) is 0 Å². The third kappa shape index (κ3) is 5.55. The molecule has 0 atom stereocenters. The van der Waals surface area contributed by atoms with Crippen LogP contribution in [0.2, 0.25) is 0 Å². The Bertz CT molecular complexity index is 1000. The van der Waals surface area contributed by atoms with Crippen LogP contribution < -0.4 is 4.74 Å². The highest BCUT2D eigenvalue weighted by Crippen LogP contribution is 2.41. The highest BCUT2D eigenvalue weighted by molar-refractivity contribution is 5.97. The van der Waals surface area contributed by atoms with E-state index in [9.17, 15) is 26.3 Å². The number of nitrogens with zero attached hydrogens (tertiary/aromatic N) is 1. The van der Waals surface area contributed by atoms with Gasteiger partial charge in [-0.15, -0.1) is 0 Å². The van der Waals surface area contributed by atoms with Crippen molar-refractivity contribution in [3.05, 3.63) is 89.4 Å². The maximum absolute atomic E-state index is 14.9. The number of likely N-dealkylation sites (N-methyl/N-ethyl adjacent to an activating group) is 1. The number of benzene rings is 2. The summed E-state index contributed by atoms with van der Waals surface area (Å²) in [4.78, 5) is 1.31. The molecule has 172 valence electrons. The van der Waals surface area contributed by atoms with Crippen molar-refractivity contribution in [2.24, 2.45) is 0 Å². The minimum absolute atomic E-state index is 0.0208. The number of alkyl halides is 3. The van der Waals surface area contributed by atoms with Gasteiger partial charge in [-0.05, 0) is 18.6 Å². The highest BCUT2D eigenvalue weighted by atomic mass is 19.4. The monoisotopic (exact) mass is 455 g/mol. The summed E-state index contributed by atoms with van der Waals surface area (Å²) in [6, 6.07) is 9.75. The quantitative estimate of drug-likeness (QED) is 0.433. The van der Waals surface area contributed by atoms with E-state index in [4.69, 9.17) is 0 Å². The topological polar surface area (TPSA) is 12.5 Å². The number of allylic oxidation sites excluding steroid dienone is 3. The molecule has 1 aliphatic heterocycles. The van der Waals surface area contributed by atoms with E-state index in [0.717, 1.165) is 6.08 Å². The molecule has 0 aromatic heterocycles. The average molecular weight is 455 g/mol. The van der Waals surface area contributed by atoms with Crippen LogP contribution >= 0.6 is 0 Å². The van der Waals surface area contributed by atoms with E-state index in [0.29, 0.717) is 17.7 Å². The van der Waals surface area contributed by atoms with Crippen molar-refractivity contribution in [1.29, 1.82) is 0 Å². The SMILES string of the molecule is C=C1C(F)=CC(c2ccccc2)=C(c2c(F)cc(OCC(F)(F)F)cc2F)N1CC.CC. The summed E-state index contributed by atoms with van der Waals surface area (Å²) >= 11 is 0. The molecule has 2 aromatic carbocycles. The molecule has 2 nitrogen and oxygen atoms in total. The third-order valence-electron chi connectivity index (χ3n) is 4.45. The van der Waals surface area contributed by atoms with Crippen LogP contribution in [0.5, 0.6) is 5.75 Å². The molecule has 0 bridgehead atoms. The van der Waals surface area contributed by atoms with Crippen molar-refractivity contribution in [2.45, 2.75) is 26.9 Å². The molecular formula is C24H23F6NO. The molecular weight excluding hydrogens is 432 g/mol. The lowest BCUT2D eigenvalue weighted by Crippen LogP contribution is -2.26. The molecule has 0 radical (unpaired) electrons. The average Bonchev–Trinajstić information content (AvgIpc) is 2.76. The van der Waals surface area contributed by atoms with Crippen molar-refractivity contribution in [1.82, 2.24) is 4.90 Å². The van der Waals surface area contributed by atoms with E-state index in [-0.39, 0.29) is 23.5 Å². The Balaban J connectivity index is 0.00000176. The minimum Gasteiger partial charge on any atom is -0.484 e. The minimum atomic E-state index is -4.66. The molecule has 1 heterocycles. The van der Waals surface area contributed by atoms with Gasteiger partial charge in [0.1, 0.15) is 23.2 Å². The zero-order valence-corrected chi connectivity index (χ0v) is 17.9. The van der Waals surface area contributed by atoms with Crippen LogP contribution in [0.25, 0.3) is 11.3 Å². The predicted molar refractivity (Wildman–Crippen MR) is 113 cm³/mol. The summed E-state index contributed by atoms with van der Waals surface area (Å²) in [5, 5.41) is 0. The van der Waals surface area contributed by atoms with E-state index in [1.165, 1.54) is 4.90 Å². The molecule has 2 aromatic rings. The summed E-state index contributed by atoms with van der Waals surface area (Å²) in [5.74, 6) is -3.55. The van der Waals surface area contributed by atoms with Gasteiger partial charge in [-0.25, -0.2) is 13.2 Å². The fraction of sp³-hybridized carbons (Fsp3) is 0.250. The molecule has 0 saturated carbocycles. The van der Waals surface area contributed by atoms with Gasteiger partial charge in [-0.2, -0.15) is 13.2 Å². The number of hydrogen-bond donors (Lipinski definition) is 0. The molecule has 0 N–H and O–H groups in total. The van der Waals surface area contributed by atoms with Crippen molar-refractivity contribution in [3.63, 3.8) is 0 Å². The summed E-state index contributed by atoms with van der Waals surface area (Å²) in [6.07, 6.45) is -3.52. The standard InChI is InChI=1S/C22H17F6NO.C2H6/c1-3-29-13(2)17(23)11-16(14-7-5-4-6-8-14)21(29)20-18(24)9-15(10-19(20)25)30-12-22(26,27)28;1-2/h4-11H,2-3,12H2,1H3;1-2H3. The molecule has 0 amide bonds. The van der Waals surface area contributed by atoms with Crippen LogP contribution in [-0.4, -0.2) is 24.2 Å². The Labute approximate surface area is 183 Å². The van der Waals surface area contributed by atoms with Gasteiger partial charge in [0.05, 0.1) is 17.0 Å².